The number of nitrogens with one attached hydrogen (secondary N) is 1. The average Bonchev–Trinajstić information content (AvgIpc) is 3.10. The fraction of sp³-hybridized carbons (Fsp3) is 0.814. The Balaban J connectivity index is 3.54. The maximum absolute atomic E-state index is 12.3. The van der Waals surface area contributed by atoms with Crippen LogP contribution in [-0.2, 0) is 14.3 Å². The molecule has 0 radical (unpaired) electrons. The van der Waals surface area contributed by atoms with Gasteiger partial charge in [0, 0.05) is 12.8 Å². The van der Waals surface area contributed by atoms with Crippen molar-refractivity contribution < 1.29 is 24.5 Å². The molecule has 0 heterocycles. The second-order valence-corrected chi connectivity index (χ2v) is 14.0. The summed E-state index contributed by atoms with van der Waals surface area (Å²) in [5, 5.41) is 22.8. The summed E-state index contributed by atoms with van der Waals surface area (Å²) in [5.41, 5.74) is 0. The van der Waals surface area contributed by atoms with Crippen molar-refractivity contribution in [3.8, 4) is 0 Å². The van der Waals surface area contributed by atoms with Crippen molar-refractivity contribution in [2.45, 2.75) is 212 Å². The first-order valence-electron chi connectivity index (χ1n) is 20.8. The molecule has 0 saturated heterocycles. The van der Waals surface area contributed by atoms with Crippen LogP contribution in [0.3, 0.4) is 0 Å². The van der Waals surface area contributed by atoms with Gasteiger partial charge in [-0.3, -0.25) is 9.59 Å². The third-order valence-electron chi connectivity index (χ3n) is 9.16. The average molecular weight is 690 g/mol. The molecule has 0 aliphatic heterocycles. The van der Waals surface area contributed by atoms with Gasteiger partial charge >= 0.3 is 5.97 Å². The predicted molar refractivity (Wildman–Crippen MR) is 209 cm³/mol. The summed E-state index contributed by atoms with van der Waals surface area (Å²) in [6.07, 6.45) is 44.1. The van der Waals surface area contributed by atoms with Gasteiger partial charge in [-0.1, -0.05) is 166 Å². The van der Waals surface area contributed by atoms with Crippen LogP contribution in [0.4, 0.5) is 0 Å². The molecule has 3 N–H and O–H groups in total. The number of aliphatic hydroxyl groups is 2. The zero-order chi connectivity index (χ0) is 35.9. The predicted octanol–water partition coefficient (Wildman–Crippen LogP) is 11.4. The number of carbonyl (C=O) groups is 2. The molecule has 0 aromatic heterocycles. The second-order valence-electron chi connectivity index (χ2n) is 14.0. The molecule has 6 nitrogen and oxygen atoms in total. The van der Waals surface area contributed by atoms with E-state index < -0.39 is 12.1 Å². The largest absolute Gasteiger partial charge is 0.466 e. The van der Waals surface area contributed by atoms with Gasteiger partial charge in [0.05, 0.1) is 25.4 Å². The van der Waals surface area contributed by atoms with Crippen LogP contribution in [-0.4, -0.2) is 47.4 Å². The highest BCUT2D eigenvalue weighted by Gasteiger charge is 2.17. The Morgan fingerprint density at radius 1 is 0.571 bits per heavy atom. The van der Waals surface area contributed by atoms with E-state index in [1.165, 1.54) is 103 Å². The van der Waals surface area contributed by atoms with Gasteiger partial charge in [0.2, 0.25) is 5.91 Å². The maximum Gasteiger partial charge on any atom is 0.305 e. The summed E-state index contributed by atoms with van der Waals surface area (Å²) < 4.78 is 5.42. The highest BCUT2D eigenvalue weighted by molar-refractivity contribution is 5.76. The number of esters is 1. The van der Waals surface area contributed by atoms with Gasteiger partial charge in [0.15, 0.2) is 0 Å². The Bertz CT molecular complexity index is 808. The quantitative estimate of drug-likeness (QED) is 0.0343. The SMILES string of the molecule is CCCC/C=C\C/C=C\CCCCCCCC(=O)OCCCCCCCCCCCC(=O)NC(CO)C(O)/C=C/CCCCCCCCC. The number of amides is 1. The van der Waals surface area contributed by atoms with Crippen LogP contribution >= 0.6 is 0 Å². The van der Waals surface area contributed by atoms with E-state index in [2.05, 4.69) is 43.5 Å². The first-order valence-corrected chi connectivity index (χ1v) is 20.8. The Labute approximate surface area is 303 Å². The summed E-state index contributed by atoms with van der Waals surface area (Å²) in [7, 11) is 0. The minimum absolute atomic E-state index is 0.0439. The molecular weight excluding hydrogens is 610 g/mol. The van der Waals surface area contributed by atoms with Crippen molar-refractivity contribution in [1.29, 1.82) is 0 Å². The first-order chi connectivity index (χ1) is 24.0. The lowest BCUT2D eigenvalue weighted by molar-refractivity contribution is -0.143. The van der Waals surface area contributed by atoms with Crippen LogP contribution in [0.2, 0.25) is 0 Å². The van der Waals surface area contributed by atoms with Crippen LogP contribution in [0.5, 0.6) is 0 Å². The van der Waals surface area contributed by atoms with Crippen LogP contribution < -0.4 is 5.32 Å². The maximum atomic E-state index is 12.3. The molecule has 0 rings (SSSR count). The summed E-state index contributed by atoms with van der Waals surface area (Å²) in [6, 6.07) is -0.646. The molecule has 2 unspecified atom stereocenters. The minimum Gasteiger partial charge on any atom is -0.466 e. The molecule has 286 valence electrons. The standard InChI is InChI=1S/C43H79NO5/c1-3-5-7-9-11-13-14-15-16-17-21-25-29-33-37-43(48)49-38-34-30-26-22-18-20-24-28-32-36-42(47)44-40(39-45)41(46)35-31-27-23-19-12-10-8-6-4-2/h9,11,14-15,31,35,40-41,45-46H,3-8,10,12-13,16-30,32-34,36-39H2,1-2H3,(H,44,47)/b11-9-,15-14-,35-31+. The molecule has 0 aromatic rings. The van der Waals surface area contributed by atoms with Crippen molar-refractivity contribution in [3.05, 3.63) is 36.5 Å². The van der Waals surface area contributed by atoms with E-state index >= 15 is 0 Å². The van der Waals surface area contributed by atoms with Crippen LogP contribution in [0, 0.1) is 0 Å². The van der Waals surface area contributed by atoms with Crippen molar-refractivity contribution in [3.63, 3.8) is 0 Å². The zero-order valence-corrected chi connectivity index (χ0v) is 32.2. The number of ether oxygens (including phenoxy) is 1. The molecular formula is C43H79NO5. The molecule has 0 fully saturated rings. The fourth-order valence-corrected chi connectivity index (χ4v) is 5.88. The molecule has 0 aliphatic carbocycles. The Hall–Kier alpha value is -1.92. The number of carbonyl (C=O) groups excluding carboxylic acids is 2. The number of aliphatic hydroxyl groups excluding tert-OH is 2. The van der Waals surface area contributed by atoms with Gasteiger partial charge in [-0.05, 0) is 57.8 Å². The molecule has 0 saturated carbocycles. The van der Waals surface area contributed by atoms with Crippen molar-refractivity contribution in [1.82, 2.24) is 5.32 Å². The minimum atomic E-state index is -0.860. The van der Waals surface area contributed by atoms with Gasteiger partial charge in [-0.2, -0.15) is 0 Å². The van der Waals surface area contributed by atoms with E-state index in [0.717, 1.165) is 70.6 Å². The van der Waals surface area contributed by atoms with Crippen LogP contribution in [0.25, 0.3) is 0 Å². The van der Waals surface area contributed by atoms with Gasteiger partial charge in [-0.25, -0.2) is 0 Å². The first kappa shape index (κ1) is 47.1. The lowest BCUT2D eigenvalue weighted by atomic mass is 10.1. The monoisotopic (exact) mass is 690 g/mol. The highest BCUT2D eigenvalue weighted by atomic mass is 16.5. The number of hydrogen-bond acceptors (Lipinski definition) is 5. The van der Waals surface area contributed by atoms with E-state index in [9.17, 15) is 19.8 Å². The third-order valence-corrected chi connectivity index (χ3v) is 9.16. The van der Waals surface area contributed by atoms with Crippen molar-refractivity contribution >= 4 is 11.9 Å². The smallest absolute Gasteiger partial charge is 0.305 e. The Morgan fingerprint density at radius 2 is 1.04 bits per heavy atom. The van der Waals surface area contributed by atoms with E-state index in [1.54, 1.807) is 6.08 Å². The Kier molecular flexibility index (Phi) is 37.4. The summed E-state index contributed by atoms with van der Waals surface area (Å²) >= 11 is 0. The van der Waals surface area contributed by atoms with Gasteiger partial charge in [0.1, 0.15) is 0 Å². The lowest BCUT2D eigenvalue weighted by Crippen LogP contribution is -2.45. The van der Waals surface area contributed by atoms with E-state index in [-0.39, 0.29) is 18.5 Å². The molecule has 0 bridgehead atoms. The van der Waals surface area contributed by atoms with Crippen molar-refractivity contribution in [2.24, 2.45) is 0 Å². The molecule has 6 heteroatoms. The van der Waals surface area contributed by atoms with Gasteiger partial charge < -0.3 is 20.3 Å². The van der Waals surface area contributed by atoms with E-state index in [0.29, 0.717) is 19.4 Å². The number of allylic oxidation sites excluding steroid dienone is 5. The van der Waals surface area contributed by atoms with Crippen LogP contribution in [0.15, 0.2) is 36.5 Å². The summed E-state index contributed by atoms with van der Waals surface area (Å²) in [4.78, 5) is 24.3. The molecule has 0 spiro atoms. The number of unbranched alkanes of at least 4 members (excludes halogenated alkanes) is 22. The lowest BCUT2D eigenvalue weighted by Gasteiger charge is -2.20. The Morgan fingerprint density at radius 3 is 1.61 bits per heavy atom. The summed E-state index contributed by atoms with van der Waals surface area (Å²) in [6.45, 7) is 4.73. The van der Waals surface area contributed by atoms with Crippen LogP contribution in [0.1, 0.15) is 200 Å². The molecule has 0 aliphatic rings. The topological polar surface area (TPSA) is 95.9 Å². The van der Waals surface area contributed by atoms with Gasteiger partial charge in [-0.15, -0.1) is 0 Å². The molecule has 0 aromatic carbocycles. The summed E-state index contributed by atoms with van der Waals surface area (Å²) in [5.74, 6) is -0.146. The number of rotatable bonds is 37. The normalized spacial score (nSPS) is 13.1. The third kappa shape index (κ3) is 35.7. The molecule has 49 heavy (non-hydrogen) atoms. The zero-order valence-electron chi connectivity index (χ0n) is 32.2. The van der Waals surface area contributed by atoms with E-state index in [1.807, 2.05) is 6.08 Å². The second kappa shape index (κ2) is 38.9. The number of hydrogen-bond donors (Lipinski definition) is 3. The van der Waals surface area contributed by atoms with Gasteiger partial charge in [0.25, 0.3) is 0 Å². The fourth-order valence-electron chi connectivity index (χ4n) is 5.88. The molecule has 1 amide bonds. The molecule has 2 atom stereocenters. The van der Waals surface area contributed by atoms with Crippen molar-refractivity contribution in [2.75, 3.05) is 13.2 Å². The highest BCUT2D eigenvalue weighted by Crippen LogP contribution is 2.13. The van der Waals surface area contributed by atoms with E-state index in [4.69, 9.17) is 4.74 Å².